The molecule has 3 aromatic heterocycles. The molecule has 0 amide bonds. The van der Waals surface area contributed by atoms with Gasteiger partial charge in [0.25, 0.3) is 0 Å². The van der Waals surface area contributed by atoms with E-state index in [1.807, 2.05) is 6.92 Å². The highest BCUT2D eigenvalue weighted by atomic mass is 35.5. The van der Waals surface area contributed by atoms with Gasteiger partial charge in [-0.1, -0.05) is 11.6 Å². The van der Waals surface area contributed by atoms with Crippen LogP contribution >= 0.6 is 11.6 Å². The molecule has 3 N–H and O–H groups in total. The zero-order chi connectivity index (χ0) is 24.9. The molecule has 1 saturated heterocycles. The van der Waals surface area contributed by atoms with Gasteiger partial charge >= 0.3 is 0 Å². The third kappa shape index (κ3) is 5.34. The van der Waals surface area contributed by atoms with Gasteiger partial charge in [-0.2, -0.15) is 10.4 Å². The van der Waals surface area contributed by atoms with Crippen LogP contribution in [0.25, 0.3) is 5.65 Å². The maximum absolute atomic E-state index is 13.3. The van der Waals surface area contributed by atoms with Crippen LogP contribution in [0.3, 0.4) is 0 Å². The number of nitrogens with two attached hydrogens (primary N) is 1. The Bertz CT molecular complexity index is 1290. The summed E-state index contributed by atoms with van der Waals surface area (Å²) in [7, 11) is 0. The van der Waals surface area contributed by atoms with Crippen molar-refractivity contribution in [2.24, 2.45) is 15.9 Å². The number of fused-ring (bicyclic) bond motifs is 1. The van der Waals surface area contributed by atoms with E-state index in [1.54, 1.807) is 21.4 Å². The predicted octanol–water partition coefficient (Wildman–Crippen LogP) is 2.70. The molecule has 10 nitrogen and oxygen atoms in total. The SMILES string of the molecule is CC(=NC1CCN(C#N)CC1)/C(=N\N)c1cc(OC(CO)c2ccc(F)cn2)n2c(Cl)cnc2c1. The molecule has 0 saturated carbocycles. The van der Waals surface area contributed by atoms with Gasteiger partial charge in [0.2, 0.25) is 5.88 Å². The minimum absolute atomic E-state index is 0.0555. The van der Waals surface area contributed by atoms with Gasteiger partial charge in [-0.05, 0) is 38.0 Å². The molecule has 1 fully saturated rings. The number of hydrogen-bond acceptors (Lipinski definition) is 9. The minimum Gasteiger partial charge on any atom is -0.466 e. The van der Waals surface area contributed by atoms with Crippen molar-refractivity contribution in [2.45, 2.75) is 31.9 Å². The number of hydrazone groups is 1. The Morgan fingerprint density at radius 3 is 2.74 bits per heavy atom. The smallest absolute Gasteiger partial charge is 0.201 e. The van der Waals surface area contributed by atoms with Crippen LogP contribution in [0.4, 0.5) is 4.39 Å². The van der Waals surface area contributed by atoms with Crippen molar-refractivity contribution in [1.29, 1.82) is 5.26 Å². The molecule has 12 heteroatoms. The Hall–Kier alpha value is -3.75. The standard InChI is InChI=1S/C23H24ClFN8O2/c1-14(30-17-4-6-32(13-26)7-5-17)23(31-27)15-8-21-29-11-20(24)33(21)22(9-15)35-19(12-34)18-3-2-16(25)10-28-18/h2-3,8-11,17,19,34H,4-7,12,27H2,1H3/b30-14?,31-23+. The van der Waals surface area contributed by atoms with Crippen LogP contribution in [0, 0.1) is 17.3 Å². The largest absolute Gasteiger partial charge is 0.466 e. The maximum atomic E-state index is 13.3. The van der Waals surface area contributed by atoms with Crippen molar-refractivity contribution in [3.05, 3.63) is 58.9 Å². The van der Waals surface area contributed by atoms with Crippen molar-refractivity contribution >= 4 is 28.7 Å². The van der Waals surface area contributed by atoms with Crippen LogP contribution in [0.5, 0.6) is 5.88 Å². The highest BCUT2D eigenvalue weighted by Crippen LogP contribution is 2.28. The lowest BCUT2D eigenvalue weighted by Crippen LogP contribution is -2.32. The molecular formula is C23H24ClFN8O2. The number of hydrogen-bond donors (Lipinski definition) is 2. The van der Waals surface area contributed by atoms with Gasteiger partial charge in [0.1, 0.15) is 22.3 Å². The number of aromatic nitrogens is 3. The summed E-state index contributed by atoms with van der Waals surface area (Å²) in [5.74, 6) is 5.53. The van der Waals surface area contributed by atoms with Crippen molar-refractivity contribution in [3.63, 3.8) is 0 Å². The second-order valence-corrected chi connectivity index (χ2v) is 8.44. The first-order valence-corrected chi connectivity index (χ1v) is 11.3. The molecule has 1 atom stereocenters. The van der Waals surface area contributed by atoms with Crippen LogP contribution < -0.4 is 10.6 Å². The fourth-order valence-corrected chi connectivity index (χ4v) is 4.21. The molecule has 1 aliphatic rings. The van der Waals surface area contributed by atoms with E-state index in [1.165, 1.54) is 18.3 Å². The van der Waals surface area contributed by atoms with Crippen LogP contribution in [0.2, 0.25) is 5.15 Å². The van der Waals surface area contributed by atoms with Gasteiger partial charge < -0.3 is 20.6 Å². The number of ether oxygens (including phenoxy) is 1. The summed E-state index contributed by atoms with van der Waals surface area (Å²) in [5, 5.41) is 23.3. The molecule has 0 bridgehead atoms. The van der Waals surface area contributed by atoms with Crippen molar-refractivity contribution < 1.29 is 14.2 Å². The summed E-state index contributed by atoms with van der Waals surface area (Å²) in [4.78, 5) is 14.8. The van der Waals surface area contributed by atoms with Gasteiger partial charge in [0.15, 0.2) is 12.3 Å². The Balaban J connectivity index is 1.67. The predicted molar refractivity (Wildman–Crippen MR) is 129 cm³/mol. The number of aliphatic imine (C=N–C) groups is 1. The number of aliphatic hydroxyl groups excluding tert-OH is 1. The second kappa shape index (κ2) is 10.7. The quantitative estimate of drug-likeness (QED) is 0.221. The number of piperidine rings is 1. The number of nitrogens with zero attached hydrogens (tertiary/aromatic N) is 7. The number of halogens is 2. The maximum Gasteiger partial charge on any atom is 0.201 e. The van der Waals surface area contributed by atoms with E-state index < -0.39 is 18.5 Å². The van der Waals surface area contributed by atoms with Gasteiger partial charge in [0, 0.05) is 24.7 Å². The molecule has 3 aromatic rings. The van der Waals surface area contributed by atoms with Gasteiger partial charge in [-0.3, -0.25) is 14.4 Å². The van der Waals surface area contributed by atoms with E-state index in [9.17, 15) is 9.50 Å². The van der Waals surface area contributed by atoms with Gasteiger partial charge in [-0.25, -0.2) is 9.37 Å². The zero-order valence-corrected chi connectivity index (χ0v) is 19.7. The van der Waals surface area contributed by atoms with Gasteiger partial charge in [-0.15, -0.1) is 0 Å². The minimum atomic E-state index is -0.883. The molecule has 4 heterocycles. The fraction of sp³-hybridized carbons (Fsp3) is 0.348. The Labute approximate surface area is 206 Å². The highest BCUT2D eigenvalue weighted by molar-refractivity contribution is 6.47. The summed E-state index contributed by atoms with van der Waals surface area (Å²) in [6, 6.07) is 6.17. The summed E-state index contributed by atoms with van der Waals surface area (Å²) in [5.41, 5.74) is 2.49. The topological polar surface area (TPSA) is 137 Å². The van der Waals surface area contributed by atoms with E-state index in [0.29, 0.717) is 46.6 Å². The first kappa shape index (κ1) is 24.4. The van der Waals surface area contributed by atoms with E-state index in [0.717, 1.165) is 19.0 Å². The molecule has 1 aliphatic heterocycles. The van der Waals surface area contributed by atoms with Crippen LogP contribution in [-0.4, -0.2) is 61.5 Å². The Kier molecular flexibility index (Phi) is 7.43. The summed E-state index contributed by atoms with van der Waals surface area (Å²) in [6.45, 7) is 2.73. The molecule has 182 valence electrons. The lowest BCUT2D eigenvalue weighted by Gasteiger charge is -2.26. The molecule has 35 heavy (non-hydrogen) atoms. The molecule has 4 rings (SSSR count). The first-order valence-electron chi connectivity index (χ1n) is 11.0. The molecule has 0 radical (unpaired) electrons. The average Bonchev–Trinajstić information content (AvgIpc) is 3.24. The number of rotatable bonds is 7. The Morgan fingerprint density at radius 2 is 2.11 bits per heavy atom. The number of likely N-dealkylation sites (tertiary alicyclic amines) is 1. The Morgan fingerprint density at radius 1 is 1.34 bits per heavy atom. The fourth-order valence-electron chi connectivity index (χ4n) is 3.99. The van der Waals surface area contributed by atoms with E-state index in [2.05, 4.69) is 21.3 Å². The van der Waals surface area contributed by atoms with E-state index >= 15 is 0 Å². The molecule has 0 aliphatic carbocycles. The molecular weight excluding hydrogens is 475 g/mol. The van der Waals surface area contributed by atoms with Crippen molar-refractivity contribution in [1.82, 2.24) is 19.3 Å². The van der Waals surface area contributed by atoms with E-state index in [4.69, 9.17) is 32.4 Å². The third-order valence-electron chi connectivity index (χ3n) is 5.77. The zero-order valence-electron chi connectivity index (χ0n) is 19.0. The first-order chi connectivity index (χ1) is 16.9. The van der Waals surface area contributed by atoms with Crippen LogP contribution in [0.15, 0.2) is 46.8 Å². The average molecular weight is 499 g/mol. The second-order valence-electron chi connectivity index (χ2n) is 8.06. The third-order valence-corrected chi connectivity index (χ3v) is 6.03. The number of pyridine rings is 2. The van der Waals surface area contributed by atoms with E-state index in [-0.39, 0.29) is 11.9 Å². The highest BCUT2D eigenvalue weighted by Gasteiger charge is 2.22. The molecule has 1 unspecified atom stereocenters. The summed E-state index contributed by atoms with van der Waals surface area (Å²) >= 11 is 6.34. The van der Waals surface area contributed by atoms with Crippen LogP contribution in [0.1, 0.15) is 37.1 Å². The normalized spacial score (nSPS) is 16.4. The molecule has 0 aromatic carbocycles. The lowest BCUT2D eigenvalue weighted by molar-refractivity contribution is 0.107. The molecule has 0 spiro atoms. The summed E-state index contributed by atoms with van der Waals surface area (Å²) in [6.07, 6.45) is 5.32. The number of aliphatic hydroxyl groups is 1. The van der Waals surface area contributed by atoms with Crippen molar-refractivity contribution in [3.8, 4) is 12.1 Å². The monoisotopic (exact) mass is 498 g/mol. The van der Waals surface area contributed by atoms with Gasteiger partial charge in [0.05, 0.1) is 36.4 Å². The number of nitriles is 1. The van der Waals surface area contributed by atoms with Crippen molar-refractivity contribution in [2.75, 3.05) is 19.7 Å². The lowest BCUT2D eigenvalue weighted by atomic mass is 10.0. The van der Waals surface area contributed by atoms with Crippen LogP contribution in [-0.2, 0) is 0 Å². The number of imidazole rings is 1. The summed E-state index contributed by atoms with van der Waals surface area (Å²) < 4.78 is 20.9.